The van der Waals surface area contributed by atoms with E-state index >= 15 is 0 Å². The maximum atomic E-state index is 12.6. The third-order valence-corrected chi connectivity index (χ3v) is 6.30. The third kappa shape index (κ3) is 4.49. The van der Waals surface area contributed by atoms with E-state index in [0.29, 0.717) is 46.3 Å². The van der Waals surface area contributed by atoms with Gasteiger partial charge < -0.3 is 23.5 Å². The Morgan fingerprint density at radius 1 is 1.12 bits per heavy atom. The number of esters is 1. The van der Waals surface area contributed by atoms with E-state index in [0.717, 1.165) is 10.9 Å². The van der Waals surface area contributed by atoms with Crippen molar-refractivity contribution in [1.82, 2.24) is 14.9 Å². The molecule has 0 radical (unpaired) electrons. The Bertz CT molecular complexity index is 1370. The van der Waals surface area contributed by atoms with Crippen molar-refractivity contribution < 1.29 is 28.2 Å². The number of aromatic nitrogens is 2. The normalized spacial score (nSPS) is 12.3. The second-order valence-corrected chi connectivity index (χ2v) is 8.46. The predicted molar refractivity (Wildman–Crippen MR) is 125 cm³/mol. The van der Waals surface area contributed by atoms with E-state index in [-0.39, 0.29) is 25.1 Å². The Balaban J connectivity index is 1.16. The maximum Gasteiger partial charge on any atom is 0.316 e. The van der Waals surface area contributed by atoms with Crippen molar-refractivity contribution in [1.29, 1.82) is 0 Å². The van der Waals surface area contributed by atoms with Crippen molar-refractivity contribution in [3.8, 4) is 11.5 Å². The van der Waals surface area contributed by atoms with Gasteiger partial charge in [-0.05, 0) is 36.8 Å². The SMILES string of the molecule is CCN(Cc1ccc2c(c1)OCO2)C(=O)COC(=O)CSc1ncnc2c1oc1ccccc12. The van der Waals surface area contributed by atoms with Crippen molar-refractivity contribution in [3.63, 3.8) is 0 Å². The lowest BCUT2D eigenvalue weighted by Gasteiger charge is -2.21. The average molecular weight is 480 g/mol. The summed E-state index contributed by atoms with van der Waals surface area (Å²) in [6.45, 7) is 2.59. The van der Waals surface area contributed by atoms with Crippen LogP contribution in [0, 0.1) is 0 Å². The molecule has 10 heteroatoms. The highest BCUT2D eigenvalue weighted by Crippen LogP contribution is 2.33. The molecule has 9 nitrogen and oxygen atoms in total. The fourth-order valence-electron chi connectivity index (χ4n) is 3.64. The van der Waals surface area contributed by atoms with Gasteiger partial charge in [0.15, 0.2) is 23.7 Å². The number of carbonyl (C=O) groups is 2. The highest BCUT2D eigenvalue weighted by molar-refractivity contribution is 8.00. The first kappa shape index (κ1) is 22.0. The summed E-state index contributed by atoms with van der Waals surface area (Å²) in [4.78, 5) is 35.1. The standard InChI is InChI=1S/C24H21N3O6S/c1-2-27(10-15-7-8-18-19(9-15)32-14-31-18)20(28)11-30-21(29)12-34-24-23-22(25-13-26-24)16-5-3-4-6-17(16)33-23/h3-9,13H,2,10-12,14H2,1H3. The van der Waals surface area contributed by atoms with Crippen molar-refractivity contribution in [2.45, 2.75) is 18.5 Å². The molecule has 1 amide bonds. The molecule has 0 N–H and O–H groups in total. The molecule has 3 heterocycles. The summed E-state index contributed by atoms with van der Waals surface area (Å²) in [5, 5.41) is 1.43. The van der Waals surface area contributed by atoms with Crippen LogP contribution in [-0.4, -0.2) is 52.4 Å². The van der Waals surface area contributed by atoms with Gasteiger partial charge in [0.2, 0.25) is 6.79 Å². The highest BCUT2D eigenvalue weighted by atomic mass is 32.2. The van der Waals surface area contributed by atoms with E-state index in [1.807, 2.05) is 49.4 Å². The van der Waals surface area contributed by atoms with Gasteiger partial charge in [-0.3, -0.25) is 9.59 Å². The van der Waals surface area contributed by atoms with Crippen LogP contribution in [0.2, 0.25) is 0 Å². The van der Waals surface area contributed by atoms with E-state index in [9.17, 15) is 9.59 Å². The molecule has 34 heavy (non-hydrogen) atoms. The molecule has 174 valence electrons. The highest BCUT2D eigenvalue weighted by Gasteiger charge is 2.19. The molecule has 5 rings (SSSR count). The number of nitrogens with zero attached hydrogens (tertiary/aromatic N) is 3. The lowest BCUT2D eigenvalue weighted by molar-refractivity contribution is -0.150. The summed E-state index contributed by atoms with van der Waals surface area (Å²) in [7, 11) is 0. The summed E-state index contributed by atoms with van der Waals surface area (Å²) >= 11 is 1.18. The summed E-state index contributed by atoms with van der Waals surface area (Å²) in [6, 6.07) is 13.1. The van der Waals surface area contributed by atoms with E-state index in [1.165, 1.54) is 18.1 Å². The van der Waals surface area contributed by atoms with Crippen LogP contribution in [0.5, 0.6) is 11.5 Å². The molecule has 0 aliphatic carbocycles. The number of hydrogen-bond acceptors (Lipinski definition) is 9. The zero-order valence-corrected chi connectivity index (χ0v) is 19.2. The lowest BCUT2D eigenvalue weighted by atomic mass is 10.2. The number of amides is 1. The van der Waals surface area contributed by atoms with Crippen LogP contribution in [0.3, 0.4) is 0 Å². The monoisotopic (exact) mass is 479 g/mol. The van der Waals surface area contributed by atoms with E-state index in [1.54, 1.807) is 4.90 Å². The van der Waals surface area contributed by atoms with Crippen LogP contribution in [0.4, 0.5) is 0 Å². The molecule has 4 aromatic rings. The minimum atomic E-state index is -0.514. The van der Waals surface area contributed by atoms with E-state index < -0.39 is 5.97 Å². The minimum Gasteiger partial charge on any atom is -0.455 e. The fourth-order valence-corrected chi connectivity index (χ4v) is 4.37. The molecule has 0 fully saturated rings. The fraction of sp³-hybridized carbons (Fsp3) is 0.250. The zero-order chi connectivity index (χ0) is 23.5. The molecular weight excluding hydrogens is 458 g/mol. The van der Waals surface area contributed by atoms with Crippen molar-refractivity contribution in [2.75, 3.05) is 25.7 Å². The number of likely N-dealkylation sites (N-methyl/N-ethyl adjacent to an activating group) is 1. The Morgan fingerprint density at radius 2 is 1.97 bits per heavy atom. The second kappa shape index (κ2) is 9.60. The quantitative estimate of drug-likeness (QED) is 0.212. The molecule has 0 spiro atoms. The molecule has 1 aliphatic heterocycles. The van der Waals surface area contributed by atoms with Gasteiger partial charge in [0, 0.05) is 18.5 Å². The number of benzene rings is 2. The van der Waals surface area contributed by atoms with Gasteiger partial charge in [0.25, 0.3) is 5.91 Å². The lowest BCUT2D eigenvalue weighted by Crippen LogP contribution is -2.34. The van der Waals surface area contributed by atoms with Crippen molar-refractivity contribution in [3.05, 3.63) is 54.4 Å². The minimum absolute atomic E-state index is 0.00920. The first-order chi connectivity index (χ1) is 16.6. The van der Waals surface area contributed by atoms with Crippen LogP contribution >= 0.6 is 11.8 Å². The maximum absolute atomic E-state index is 12.6. The first-order valence-corrected chi connectivity index (χ1v) is 11.7. The molecular formula is C24H21N3O6S. The average Bonchev–Trinajstić information content (AvgIpc) is 3.49. The van der Waals surface area contributed by atoms with Gasteiger partial charge in [0.05, 0.1) is 5.75 Å². The van der Waals surface area contributed by atoms with E-state index in [4.69, 9.17) is 18.6 Å². The van der Waals surface area contributed by atoms with Crippen molar-refractivity contribution in [2.24, 2.45) is 0 Å². The van der Waals surface area contributed by atoms with Crippen LogP contribution in [0.25, 0.3) is 22.1 Å². The van der Waals surface area contributed by atoms with Gasteiger partial charge in [-0.2, -0.15) is 0 Å². The van der Waals surface area contributed by atoms with Crippen LogP contribution in [0.15, 0.2) is 58.2 Å². The van der Waals surface area contributed by atoms with Crippen molar-refractivity contribution >= 4 is 45.7 Å². The van der Waals surface area contributed by atoms with Gasteiger partial charge in [0.1, 0.15) is 22.5 Å². The first-order valence-electron chi connectivity index (χ1n) is 10.7. The topological polar surface area (TPSA) is 104 Å². The largest absolute Gasteiger partial charge is 0.455 e. The van der Waals surface area contributed by atoms with Crippen LogP contribution in [0.1, 0.15) is 12.5 Å². The number of rotatable bonds is 8. The molecule has 0 bridgehead atoms. The molecule has 0 unspecified atom stereocenters. The Morgan fingerprint density at radius 3 is 2.85 bits per heavy atom. The summed E-state index contributed by atoms with van der Waals surface area (Å²) in [5.41, 5.74) is 2.83. The molecule has 0 saturated carbocycles. The number of para-hydroxylation sites is 1. The zero-order valence-electron chi connectivity index (χ0n) is 18.4. The Kier molecular flexibility index (Phi) is 6.22. The number of carbonyl (C=O) groups excluding carboxylic acids is 2. The Hall–Kier alpha value is -3.79. The predicted octanol–water partition coefficient (Wildman–Crippen LogP) is 3.79. The van der Waals surface area contributed by atoms with E-state index in [2.05, 4.69) is 9.97 Å². The summed E-state index contributed by atoms with van der Waals surface area (Å²) in [6.07, 6.45) is 1.44. The molecule has 2 aromatic heterocycles. The van der Waals surface area contributed by atoms with Gasteiger partial charge in [-0.25, -0.2) is 9.97 Å². The Labute approximate surface area is 199 Å². The molecule has 0 saturated heterocycles. The molecule has 2 aromatic carbocycles. The van der Waals surface area contributed by atoms with Gasteiger partial charge in [-0.1, -0.05) is 30.0 Å². The van der Waals surface area contributed by atoms with Crippen LogP contribution < -0.4 is 9.47 Å². The second-order valence-electron chi connectivity index (χ2n) is 7.50. The smallest absolute Gasteiger partial charge is 0.316 e. The molecule has 1 aliphatic rings. The number of fused-ring (bicyclic) bond motifs is 4. The number of furan rings is 1. The van der Waals surface area contributed by atoms with Crippen LogP contribution in [-0.2, 0) is 20.9 Å². The number of ether oxygens (including phenoxy) is 3. The third-order valence-electron chi connectivity index (χ3n) is 5.35. The van der Waals surface area contributed by atoms with Gasteiger partial charge >= 0.3 is 5.97 Å². The number of hydrogen-bond donors (Lipinski definition) is 0. The summed E-state index contributed by atoms with van der Waals surface area (Å²) < 4.78 is 21.8. The van der Waals surface area contributed by atoms with Gasteiger partial charge in [-0.15, -0.1) is 0 Å². The summed E-state index contributed by atoms with van der Waals surface area (Å²) in [5.74, 6) is 0.548. The number of thioether (sulfide) groups is 1. The molecule has 0 atom stereocenters.